The molecular weight excluding hydrogens is 231 g/mol. The third kappa shape index (κ3) is 2.84. The van der Waals surface area contributed by atoms with Crippen molar-refractivity contribution in [1.82, 2.24) is 4.98 Å². The van der Waals surface area contributed by atoms with E-state index in [2.05, 4.69) is 4.98 Å². The number of rotatable bonds is 4. The van der Waals surface area contributed by atoms with Gasteiger partial charge in [-0.15, -0.1) is 0 Å². The first-order chi connectivity index (χ1) is 8.70. The number of pyridine rings is 1. The number of nitrogens with zero attached hydrogens (tertiary/aromatic N) is 1. The molecule has 18 heavy (non-hydrogen) atoms. The highest BCUT2D eigenvalue weighted by Crippen LogP contribution is 2.19. The maximum atomic E-state index is 13.5. The first kappa shape index (κ1) is 12.5. The average molecular weight is 246 g/mol. The lowest BCUT2D eigenvalue weighted by molar-refractivity contribution is 0.414. The van der Waals surface area contributed by atoms with Crippen LogP contribution < -0.4 is 10.5 Å². The molecule has 0 fully saturated rings. The highest BCUT2D eigenvalue weighted by molar-refractivity contribution is 5.29. The maximum Gasteiger partial charge on any atom is 0.146 e. The molecule has 0 aliphatic rings. The second kappa shape index (κ2) is 5.60. The van der Waals surface area contributed by atoms with Gasteiger partial charge in [0.1, 0.15) is 11.6 Å². The minimum atomic E-state index is -0.460. The van der Waals surface area contributed by atoms with E-state index in [4.69, 9.17) is 10.5 Å². The Bertz CT molecular complexity index is 531. The smallest absolute Gasteiger partial charge is 0.146 e. The number of halogens is 1. The van der Waals surface area contributed by atoms with Crippen molar-refractivity contribution in [2.75, 3.05) is 7.11 Å². The van der Waals surface area contributed by atoms with Crippen molar-refractivity contribution >= 4 is 0 Å². The van der Waals surface area contributed by atoms with Crippen LogP contribution in [0.3, 0.4) is 0 Å². The molecule has 1 atom stereocenters. The molecule has 1 heterocycles. The van der Waals surface area contributed by atoms with E-state index in [1.54, 1.807) is 19.4 Å². The van der Waals surface area contributed by atoms with E-state index < -0.39 is 6.04 Å². The Morgan fingerprint density at radius 1 is 1.33 bits per heavy atom. The van der Waals surface area contributed by atoms with E-state index in [0.717, 1.165) is 11.3 Å². The Morgan fingerprint density at radius 3 is 2.89 bits per heavy atom. The van der Waals surface area contributed by atoms with Gasteiger partial charge in [-0.05, 0) is 36.2 Å². The first-order valence-electron chi connectivity index (χ1n) is 5.69. The fraction of sp³-hybridized carbons (Fsp3) is 0.214. The molecule has 0 saturated heterocycles. The molecule has 2 N–H and O–H groups in total. The molecule has 0 amide bonds. The number of methoxy groups -OCH3 is 1. The minimum absolute atomic E-state index is 0.292. The standard InChI is InChI=1S/C14H15FN2O/c1-18-11-5-2-4-10(8-11)9-13(16)14-12(15)6-3-7-17-14/h2-8,13H,9,16H2,1H3. The van der Waals surface area contributed by atoms with Crippen molar-refractivity contribution in [3.05, 3.63) is 59.7 Å². The van der Waals surface area contributed by atoms with Gasteiger partial charge in [0.15, 0.2) is 0 Å². The molecule has 1 aromatic carbocycles. The van der Waals surface area contributed by atoms with Crippen LogP contribution in [0.4, 0.5) is 4.39 Å². The zero-order valence-corrected chi connectivity index (χ0v) is 10.1. The Kier molecular flexibility index (Phi) is 3.89. The Morgan fingerprint density at radius 2 is 2.17 bits per heavy atom. The van der Waals surface area contributed by atoms with E-state index in [1.165, 1.54) is 6.07 Å². The molecule has 94 valence electrons. The summed E-state index contributed by atoms with van der Waals surface area (Å²) in [5.41, 5.74) is 7.26. The largest absolute Gasteiger partial charge is 0.497 e. The van der Waals surface area contributed by atoms with Gasteiger partial charge >= 0.3 is 0 Å². The first-order valence-corrected chi connectivity index (χ1v) is 5.69. The highest BCUT2D eigenvalue weighted by Gasteiger charge is 2.13. The van der Waals surface area contributed by atoms with Gasteiger partial charge in [0, 0.05) is 6.20 Å². The summed E-state index contributed by atoms with van der Waals surface area (Å²) < 4.78 is 18.7. The maximum absolute atomic E-state index is 13.5. The summed E-state index contributed by atoms with van der Waals surface area (Å²) in [6.45, 7) is 0. The minimum Gasteiger partial charge on any atom is -0.497 e. The fourth-order valence-electron chi connectivity index (χ4n) is 1.82. The van der Waals surface area contributed by atoms with Gasteiger partial charge in [0.05, 0.1) is 18.8 Å². The molecule has 1 aromatic heterocycles. The molecule has 0 aliphatic carbocycles. The van der Waals surface area contributed by atoms with Crippen LogP contribution in [0, 0.1) is 5.82 Å². The van der Waals surface area contributed by atoms with Gasteiger partial charge in [-0.25, -0.2) is 4.39 Å². The van der Waals surface area contributed by atoms with E-state index in [9.17, 15) is 4.39 Å². The van der Waals surface area contributed by atoms with Gasteiger partial charge in [-0.2, -0.15) is 0 Å². The van der Waals surface area contributed by atoms with Crippen LogP contribution >= 0.6 is 0 Å². The van der Waals surface area contributed by atoms with Crippen LogP contribution in [0.5, 0.6) is 5.75 Å². The second-order valence-electron chi connectivity index (χ2n) is 4.03. The Balaban J connectivity index is 2.16. The zero-order valence-electron chi connectivity index (χ0n) is 10.1. The Labute approximate surface area is 105 Å². The molecule has 0 aliphatic heterocycles. The number of hydrogen-bond acceptors (Lipinski definition) is 3. The van der Waals surface area contributed by atoms with Gasteiger partial charge in [-0.1, -0.05) is 12.1 Å². The number of ether oxygens (including phenoxy) is 1. The van der Waals surface area contributed by atoms with Crippen molar-refractivity contribution in [1.29, 1.82) is 0 Å². The quantitative estimate of drug-likeness (QED) is 0.901. The van der Waals surface area contributed by atoms with Gasteiger partial charge < -0.3 is 10.5 Å². The summed E-state index contributed by atoms with van der Waals surface area (Å²) in [4.78, 5) is 3.99. The number of hydrogen-bond donors (Lipinski definition) is 1. The van der Waals surface area contributed by atoms with Crippen LogP contribution in [0.2, 0.25) is 0 Å². The highest BCUT2D eigenvalue weighted by atomic mass is 19.1. The number of benzene rings is 1. The number of aromatic nitrogens is 1. The summed E-state index contributed by atoms with van der Waals surface area (Å²) in [6.07, 6.45) is 2.06. The van der Waals surface area contributed by atoms with Crippen LogP contribution in [0.25, 0.3) is 0 Å². The van der Waals surface area contributed by atoms with Crippen molar-refractivity contribution < 1.29 is 9.13 Å². The van der Waals surface area contributed by atoms with E-state index >= 15 is 0 Å². The normalized spacial score (nSPS) is 12.2. The average Bonchev–Trinajstić information content (AvgIpc) is 2.39. The summed E-state index contributed by atoms with van der Waals surface area (Å²) in [7, 11) is 1.61. The van der Waals surface area contributed by atoms with E-state index in [0.29, 0.717) is 12.1 Å². The fourth-order valence-corrected chi connectivity index (χ4v) is 1.82. The summed E-state index contributed by atoms with van der Waals surface area (Å²) in [5.74, 6) is 0.397. The summed E-state index contributed by atoms with van der Waals surface area (Å²) in [6, 6.07) is 10.0. The van der Waals surface area contributed by atoms with Crippen LogP contribution in [-0.4, -0.2) is 12.1 Å². The SMILES string of the molecule is COc1cccc(CC(N)c2ncccc2F)c1. The molecule has 2 aromatic rings. The van der Waals surface area contributed by atoms with Crippen LogP contribution in [0.1, 0.15) is 17.3 Å². The van der Waals surface area contributed by atoms with E-state index in [1.807, 2.05) is 24.3 Å². The van der Waals surface area contributed by atoms with Crippen molar-refractivity contribution in [3.8, 4) is 5.75 Å². The summed E-state index contributed by atoms with van der Waals surface area (Å²) >= 11 is 0. The molecular formula is C14H15FN2O. The molecule has 0 radical (unpaired) electrons. The molecule has 0 spiro atoms. The van der Waals surface area contributed by atoms with Crippen LogP contribution in [-0.2, 0) is 6.42 Å². The third-order valence-electron chi connectivity index (χ3n) is 2.73. The predicted molar refractivity (Wildman–Crippen MR) is 67.8 cm³/mol. The molecule has 0 saturated carbocycles. The third-order valence-corrected chi connectivity index (χ3v) is 2.73. The second-order valence-corrected chi connectivity index (χ2v) is 4.03. The lowest BCUT2D eigenvalue weighted by Crippen LogP contribution is -2.16. The zero-order chi connectivity index (χ0) is 13.0. The molecule has 4 heteroatoms. The predicted octanol–water partition coefficient (Wildman–Crippen LogP) is 2.47. The van der Waals surface area contributed by atoms with E-state index in [-0.39, 0.29) is 5.82 Å². The topological polar surface area (TPSA) is 48.1 Å². The molecule has 2 rings (SSSR count). The monoisotopic (exact) mass is 246 g/mol. The van der Waals surface area contributed by atoms with Gasteiger partial charge in [0.2, 0.25) is 0 Å². The lowest BCUT2D eigenvalue weighted by atomic mass is 10.0. The molecule has 0 bridgehead atoms. The van der Waals surface area contributed by atoms with Gasteiger partial charge in [0.25, 0.3) is 0 Å². The van der Waals surface area contributed by atoms with Crippen LogP contribution in [0.15, 0.2) is 42.6 Å². The van der Waals surface area contributed by atoms with Crippen molar-refractivity contribution in [3.63, 3.8) is 0 Å². The van der Waals surface area contributed by atoms with Gasteiger partial charge in [-0.3, -0.25) is 4.98 Å². The lowest BCUT2D eigenvalue weighted by Gasteiger charge is -2.12. The molecule has 3 nitrogen and oxygen atoms in total. The molecule has 1 unspecified atom stereocenters. The Hall–Kier alpha value is -1.94. The van der Waals surface area contributed by atoms with Crippen molar-refractivity contribution in [2.24, 2.45) is 5.73 Å². The number of nitrogens with two attached hydrogens (primary N) is 1. The van der Waals surface area contributed by atoms with Crippen molar-refractivity contribution in [2.45, 2.75) is 12.5 Å². The summed E-state index contributed by atoms with van der Waals surface area (Å²) in [5, 5.41) is 0.